The Morgan fingerprint density at radius 1 is 1.38 bits per heavy atom. The summed E-state index contributed by atoms with van der Waals surface area (Å²) >= 11 is 0. The van der Waals surface area contributed by atoms with Gasteiger partial charge in [0.2, 0.25) is 0 Å². The Bertz CT molecular complexity index is 132. The highest BCUT2D eigenvalue weighted by Gasteiger charge is 2.15. The Morgan fingerprint density at radius 3 is 3.25 bits per heavy atom. The van der Waals surface area contributed by atoms with Gasteiger partial charge in [0.1, 0.15) is 0 Å². The summed E-state index contributed by atoms with van der Waals surface area (Å²) < 4.78 is 0. The first-order valence-electron chi connectivity index (χ1n) is 2.70. The summed E-state index contributed by atoms with van der Waals surface area (Å²) in [6.07, 6.45) is 6.05. The molecule has 0 aromatic heterocycles. The highest BCUT2D eigenvalue weighted by atomic mass is 15.8. The van der Waals surface area contributed by atoms with E-state index < -0.39 is 0 Å². The molecule has 42 valence electrons. The van der Waals surface area contributed by atoms with Crippen molar-refractivity contribution in [2.75, 3.05) is 13.1 Å². The van der Waals surface area contributed by atoms with Gasteiger partial charge in [-0.3, -0.25) is 5.01 Å². The van der Waals surface area contributed by atoms with Gasteiger partial charge in [0.25, 0.3) is 0 Å². The highest BCUT2D eigenvalue weighted by Crippen LogP contribution is 2.10. The normalized spacial score (nSPS) is 23.0. The molecular formula is C5H7N3. The van der Waals surface area contributed by atoms with Gasteiger partial charge in [0.05, 0.1) is 13.1 Å². The van der Waals surface area contributed by atoms with Gasteiger partial charge in [0.15, 0.2) is 0 Å². The van der Waals surface area contributed by atoms with Crippen molar-refractivity contribution in [1.29, 1.82) is 0 Å². The van der Waals surface area contributed by atoms with E-state index in [0.29, 0.717) is 0 Å². The van der Waals surface area contributed by atoms with Crippen LogP contribution in [0.15, 0.2) is 17.4 Å². The van der Waals surface area contributed by atoms with Crippen LogP contribution in [0, 0.1) is 0 Å². The van der Waals surface area contributed by atoms with Crippen molar-refractivity contribution in [2.45, 2.75) is 0 Å². The van der Waals surface area contributed by atoms with Gasteiger partial charge in [-0.2, -0.15) is 5.10 Å². The third-order valence-electron chi connectivity index (χ3n) is 1.33. The quantitative estimate of drug-likeness (QED) is 0.437. The summed E-state index contributed by atoms with van der Waals surface area (Å²) in [5.74, 6) is 0. The summed E-state index contributed by atoms with van der Waals surface area (Å²) in [6, 6.07) is 0. The molecule has 0 saturated heterocycles. The number of hydrazine groups is 1. The number of hydrogen-bond donors (Lipinski definition) is 0. The number of rotatable bonds is 0. The molecule has 0 unspecified atom stereocenters. The van der Waals surface area contributed by atoms with E-state index >= 15 is 0 Å². The molecule has 2 aliphatic rings. The van der Waals surface area contributed by atoms with Crippen molar-refractivity contribution >= 4 is 6.21 Å². The minimum absolute atomic E-state index is 0.941. The Labute approximate surface area is 47.9 Å². The maximum Gasteiger partial charge on any atom is 0.0785 e. The third-order valence-corrected chi connectivity index (χ3v) is 1.33. The first-order valence-corrected chi connectivity index (χ1v) is 2.70. The lowest BCUT2D eigenvalue weighted by molar-refractivity contribution is 0.0946. The first kappa shape index (κ1) is 3.95. The summed E-state index contributed by atoms with van der Waals surface area (Å²) in [6.45, 7) is 1.88. The monoisotopic (exact) mass is 109 g/mol. The second-order valence-corrected chi connectivity index (χ2v) is 1.86. The number of hydrogen-bond acceptors (Lipinski definition) is 3. The standard InChI is InChI=1S/C5H7N3/c1-3-7-5-2-6-8(7)4-1/h1-3H,4-5H2. The van der Waals surface area contributed by atoms with Crippen molar-refractivity contribution < 1.29 is 0 Å². The predicted molar refractivity (Wildman–Crippen MR) is 31.0 cm³/mol. The van der Waals surface area contributed by atoms with Crippen molar-refractivity contribution in [3.05, 3.63) is 12.3 Å². The van der Waals surface area contributed by atoms with Crippen LogP contribution in [0.5, 0.6) is 0 Å². The lowest BCUT2D eigenvalue weighted by Crippen LogP contribution is -2.25. The predicted octanol–water partition coefficient (Wildman–Crippen LogP) is 0.0321. The molecule has 0 saturated carbocycles. The van der Waals surface area contributed by atoms with Crippen LogP contribution in [0.4, 0.5) is 0 Å². The summed E-state index contributed by atoms with van der Waals surface area (Å²) in [4.78, 5) is 0. The lowest BCUT2D eigenvalue weighted by Gasteiger charge is -2.17. The summed E-state index contributed by atoms with van der Waals surface area (Å²) in [7, 11) is 0. The fraction of sp³-hybridized carbons (Fsp3) is 0.400. The molecule has 0 aromatic rings. The van der Waals surface area contributed by atoms with E-state index in [0.717, 1.165) is 13.1 Å². The Kier molecular flexibility index (Phi) is 0.614. The Morgan fingerprint density at radius 2 is 2.38 bits per heavy atom. The average Bonchev–Trinajstić information content (AvgIpc) is 2.15. The SMILES string of the molecule is C1=CN2CC=NN2C1. The maximum absolute atomic E-state index is 4.07. The summed E-state index contributed by atoms with van der Waals surface area (Å²) in [5, 5.41) is 8.07. The van der Waals surface area contributed by atoms with E-state index in [9.17, 15) is 0 Å². The third kappa shape index (κ3) is 0.358. The van der Waals surface area contributed by atoms with E-state index in [1.54, 1.807) is 0 Å². The van der Waals surface area contributed by atoms with Gasteiger partial charge in [-0.1, -0.05) is 0 Å². The number of hydrazone groups is 1. The molecule has 0 bridgehead atoms. The van der Waals surface area contributed by atoms with E-state index in [4.69, 9.17) is 0 Å². The van der Waals surface area contributed by atoms with Gasteiger partial charge >= 0.3 is 0 Å². The molecule has 0 atom stereocenters. The van der Waals surface area contributed by atoms with Crippen molar-refractivity contribution in [2.24, 2.45) is 5.10 Å². The molecule has 0 aromatic carbocycles. The van der Waals surface area contributed by atoms with Crippen LogP contribution in [0.1, 0.15) is 0 Å². The fourth-order valence-corrected chi connectivity index (χ4v) is 0.928. The highest BCUT2D eigenvalue weighted by molar-refractivity contribution is 5.61. The molecule has 0 amide bonds. The zero-order valence-electron chi connectivity index (χ0n) is 4.49. The molecule has 0 aliphatic carbocycles. The molecule has 8 heavy (non-hydrogen) atoms. The smallest absolute Gasteiger partial charge is 0.0785 e. The van der Waals surface area contributed by atoms with Gasteiger partial charge in [-0.05, 0) is 6.08 Å². The topological polar surface area (TPSA) is 18.8 Å². The zero-order valence-corrected chi connectivity index (χ0v) is 4.49. The molecule has 0 spiro atoms. The number of fused-ring (bicyclic) bond motifs is 1. The Balaban J connectivity index is 2.20. The van der Waals surface area contributed by atoms with E-state index in [1.807, 2.05) is 17.5 Å². The largest absolute Gasteiger partial charge is 0.271 e. The zero-order chi connectivity index (χ0) is 5.40. The first-order chi connectivity index (χ1) is 3.97. The van der Waals surface area contributed by atoms with Crippen LogP contribution >= 0.6 is 0 Å². The molecule has 3 heteroatoms. The number of nitrogens with zero attached hydrogens (tertiary/aromatic N) is 3. The molecule has 2 heterocycles. The minimum atomic E-state index is 0.941. The second-order valence-electron chi connectivity index (χ2n) is 1.86. The van der Waals surface area contributed by atoms with Crippen molar-refractivity contribution in [3.8, 4) is 0 Å². The summed E-state index contributed by atoms with van der Waals surface area (Å²) in [5.41, 5.74) is 0. The van der Waals surface area contributed by atoms with Crippen LogP contribution in [0.25, 0.3) is 0 Å². The van der Waals surface area contributed by atoms with Crippen LogP contribution < -0.4 is 0 Å². The van der Waals surface area contributed by atoms with Gasteiger partial charge < -0.3 is 0 Å². The van der Waals surface area contributed by atoms with Crippen LogP contribution in [0.2, 0.25) is 0 Å². The van der Waals surface area contributed by atoms with Crippen molar-refractivity contribution in [1.82, 2.24) is 10.1 Å². The molecule has 0 radical (unpaired) electrons. The van der Waals surface area contributed by atoms with E-state index in [1.165, 1.54) is 0 Å². The van der Waals surface area contributed by atoms with Crippen LogP contribution in [-0.2, 0) is 0 Å². The Hall–Kier alpha value is -0.990. The lowest BCUT2D eigenvalue weighted by atomic mass is 10.6. The molecule has 0 N–H and O–H groups in total. The van der Waals surface area contributed by atoms with E-state index in [-0.39, 0.29) is 0 Å². The molecular weight excluding hydrogens is 102 g/mol. The van der Waals surface area contributed by atoms with Gasteiger partial charge in [0, 0.05) is 12.4 Å². The molecule has 0 fully saturated rings. The van der Waals surface area contributed by atoms with Crippen molar-refractivity contribution in [3.63, 3.8) is 0 Å². The fourth-order valence-electron chi connectivity index (χ4n) is 0.928. The van der Waals surface area contributed by atoms with Gasteiger partial charge in [-0.15, -0.1) is 0 Å². The van der Waals surface area contributed by atoms with Gasteiger partial charge in [-0.25, -0.2) is 5.12 Å². The minimum Gasteiger partial charge on any atom is -0.271 e. The maximum atomic E-state index is 4.07. The van der Waals surface area contributed by atoms with Crippen LogP contribution in [0.3, 0.4) is 0 Å². The molecule has 3 nitrogen and oxygen atoms in total. The molecule has 2 aliphatic heterocycles. The van der Waals surface area contributed by atoms with E-state index in [2.05, 4.69) is 16.2 Å². The second kappa shape index (κ2) is 1.24. The average molecular weight is 109 g/mol. The van der Waals surface area contributed by atoms with Crippen LogP contribution in [-0.4, -0.2) is 29.4 Å². The molecule has 2 rings (SSSR count).